The summed E-state index contributed by atoms with van der Waals surface area (Å²) in [5.74, 6) is -2.03. The summed E-state index contributed by atoms with van der Waals surface area (Å²) in [5, 5.41) is 8.83. The van der Waals surface area contributed by atoms with E-state index < -0.39 is 29.2 Å². The van der Waals surface area contributed by atoms with Gasteiger partial charge < -0.3 is 10.8 Å². The summed E-state index contributed by atoms with van der Waals surface area (Å²) in [7, 11) is 0. The standard InChI is InChI=1S/C11H10F3NO2/c12-11(13,14)7-4-2-1-3-6(7)8-5-10(8,15)9(16)17/h1-4,8H,5,15H2,(H,16,17)/t8-,10+/m0/s1. The third kappa shape index (κ3) is 1.88. The summed E-state index contributed by atoms with van der Waals surface area (Å²) < 4.78 is 38.1. The van der Waals surface area contributed by atoms with Gasteiger partial charge in [0.15, 0.2) is 0 Å². The number of carbonyl (C=O) groups is 1. The van der Waals surface area contributed by atoms with Gasteiger partial charge in [0.1, 0.15) is 5.54 Å². The maximum Gasteiger partial charge on any atom is 0.416 e. The minimum absolute atomic E-state index is 0.0371. The van der Waals surface area contributed by atoms with Crippen molar-refractivity contribution in [2.24, 2.45) is 5.73 Å². The van der Waals surface area contributed by atoms with Crippen LogP contribution in [0, 0.1) is 0 Å². The van der Waals surface area contributed by atoms with Crippen LogP contribution in [-0.4, -0.2) is 16.6 Å². The Hall–Kier alpha value is -1.56. The lowest BCUT2D eigenvalue weighted by Crippen LogP contribution is -2.34. The van der Waals surface area contributed by atoms with Gasteiger partial charge in [-0.25, -0.2) is 0 Å². The lowest BCUT2D eigenvalue weighted by molar-refractivity contribution is -0.141. The molecule has 3 nitrogen and oxygen atoms in total. The smallest absolute Gasteiger partial charge is 0.416 e. The van der Waals surface area contributed by atoms with Crippen LogP contribution in [0.2, 0.25) is 0 Å². The fourth-order valence-corrected chi connectivity index (χ4v) is 1.96. The number of hydrogen-bond donors (Lipinski definition) is 2. The topological polar surface area (TPSA) is 63.3 Å². The molecule has 0 unspecified atom stereocenters. The first-order chi connectivity index (χ1) is 7.77. The average molecular weight is 245 g/mol. The molecule has 1 aromatic rings. The van der Waals surface area contributed by atoms with Crippen molar-refractivity contribution in [3.8, 4) is 0 Å². The zero-order valence-corrected chi connectivity index (χ0v) is 8.66. The Morgan fingerprint density at radius 2 is 2.00 bits per heavy atom. The quantitative estimate of drug-likeness (QED) is 0.837. The van der Waals surface area contributed by atoms with E-state index in [1.807, 2.05) is 0 Å². The molecular weight excluding hydrogens is 235 g/mol. The predicted molar refractivity (Wildman–Crippen MR) is 53.4 cm³/mol. The number of alkyl halides is 3. The molecule has 1 saturated carbocycles. The maximum atomic E-state index is 12.7. The van der Waals surface area contributed by atoms with Crippen molar-refractivity contribution < 1.29 is 23.1 Å². The van der Waals surface area contributed by atoms with Crippen LogP contribution in [0.25, 0.3) is 0 Å². The van der Waals surface area contributed by atoms with Crippen molar-refractivity contribution in [2.75, 3.05) is 0 Å². The van der Waals surface area contributed by atoms with Gasteiger partial charge >= 0.3 is 12.1 Å². The van der Waals surface area contributed by atoms with Crippen LogP contribution in [0.3, 0.4) is 0 Å². The van der Waals surface area contributed by atoms with Gasteiger partial charge in [-0.15, -0.1) is 0 Å². The molecule has 0 aromatic heterocycles. The van der Waals surface area contributed by atoms with Crippen molar-refractivity contribution in [3.05, 3.63) is 35.4 Å². The van der Waals surface area contributed by atoms with E-state index in [-0.39, 0.29) is 12.0 Å². The molecule has 0 amide bonds. The normalized spacial score (nSPS) is 27.9. The lowest BCUT2D eigenvalue weighted by atomic mass is 10.00. The summed E-state index contributed by atoms with van der Waals surface area (Å²) in [6.07, 6.45) is -4.45. The molecule has 0 saturated heterocycles. The van der Waals surface area contributed by atoms with E-state index in [4.69, 9.17) is 10.8 Å². The van der Waals surface area contributed by atoms with Gasteiger partial charge in [0.25, 0.3) is 0 Å². The minimum atomic E-state index is -4.49. The number of nitrogens with two attached hydrogens (primary N) is 1. The zero-order chi connectivity index (χ0) is 12.8. The van der Waals surface area contributed by atoms with Gasteiger partial charge in [-0.05, 0) is 18.1 Å². The molecule has 92 valence electrons. The zero-order valence-electron chi connectivity index (χ0n) is 8.66. The maximum absolute atomic E-state index is 12.7. The van der Waals surface area contributed by atoms with E-state index in [9.17, 15) is 18.0 Å². The molecule has 17 heavy (non-hydrogen) atoms. The van der Waals surface area contributed by atoms with Crippen molar-refractivity contribution in [1.82, 2.24) is 0 Å². The molecule has 6 heteroatoms. The van der Waals surface area contributed by atoms with Crippen molar-refractivity contribution in [3.63, 3.8) is 0 Å². The van der Waals surface area contributed by atoms with Crippen molar-refractivity contribution >= 4 is 5.97 Å². The molecule has 1 aromatic carbocycles. The van der Waals surface area contributed by atoms with E-state index in [0.717, 1.165) is 6.07 Å². The molecule has 1 aliphatic rings. The number of rotatable bonds is 2. The Morgan fingerprint density at radius 1 is 1.41 bits per heavy atom. The highest BCUT2D eigenvalue weighted by molar-refractivity contribution is 5.85. The number of benzene rings is 1. The van der Waals surface area contributed by atoms with Crippen LogP contribution in [0.5, 0.6) is 0 Å². The molecule has 1 aliphatic carbocycles. The number of carboxylic acid groups (broad SMARTS) is 1. The van der Waals surface area contributed by atoms with Gasteiger partial charge in [-0.3, -0.25) is 4.79 Å². The molecule has 0 heterocycles. The Balaban J connectivity index is 2.40. The predicted octanol–water partition coefficient (Wildman–Crippen LogP) is 1.97. The van der Waals surface area contributed by atoms with E-state index in [1.54, 1.807) is 0 Å². The first kappa shape index (κ1) is 11.9. The van der Waals surface area contributed by atoms with Crippen molar-refractivity contribution in [2.45, 2.75) is 24.1 Å². The molecule has 0 aliphatic heterocycles. The number of halogens is 3. The number of carboxylic acids is 1. The summed E-state index contributed by atoms with van der Waals surface area (Å²) in [4.78, 5) is 10.8. The molecule has 0 bridgehead atoms. The van der Waals surface area contributed by atoms with E-state index in [0.29, 0.717) is 0 Å². The Labute approximate surface area is 95.0 Å². The van der Waals surface area contributed by atoms with Crippen LogP contribution in [0.1, 0.15) is 23.5 Å². The average Bonchev–Trinajstić information content (AvgIpc) is 2.91. The third-order valence-electron chi connectivity index (χ3n) is 3.04. The van der Waals surface area contributed by atoms with Gasteiger partial charge in [-0.2, -0.15) is 13.2 Å². The van der Waals surface area contributed by atoms with Crippen LogP contribution < -0.4 is 5.73 Å². The van der Waals surface area contributed by atoms with Gasteiger partial charge in [0.2, 0.25) is 0 Å². The SMILES string of the molecule is N[C@]1(C(=O)O)C[C@H]1c1ccccc1C(F)(F)F. The second-order valence-electron chi connectivity index (χ2n) is 4.19. The van der Waals surface area contributed by atoms with E-state index in [1.165, 1.54) is 18.2 Å². The Morgan fingerprint density at radius 3 is 2.47 bits per heavy atom. The molecule has 0 radical (unpaired) electrons. The summed E-state index contributed by atoms with van der Waals surface area (Å²) in [6.45, 7) is 0. The summed E-state index contributed by atoms with van der Waals surface area (Å²) >= 11 is 0. The second-order valence-corrected chi connectivity index (χ2v) is 4.19. The molecule has 2 atom stereocenters. The van der Waals surface area contributed by atoms with Gasteiger partial charge in [0.05, 0.1) is 5.56 Å². The fraction of sp³-hybridized carbons (Fsp3) is 0.364. The van der Waals surface area contributed by atoms with Crippen LogP contribution in [-0.2, 0) is 11.0 Å². The molecular formula is C11H10F3NO2. The van der Waals surface area contributed by atoms with E-state index in [2.05, 4.69) is 0 Å². The van der Waals surface area contributed by atoms with Crippen LogP contribution in [0.15, 0.2) is 24.3 Å². The van der Waals surface area contributed by atoms with Gasteiger partial charge in [0, 0.05) is 5.92 Å². The monoisotopic (exact) mass is 245 g/mol. The highest BCUT2D eigenvalue weighted by Crippen LogP contribution is 2.52. The molecule has 3 N–H and O–H groups in total. The highest BCUT2D eigenvalue weighted by atomic mass is 19.4. The highest BCUT2D eigenvalue weighted by Gasteiger charge is 2.59. The van der Waals surface area contributed by atoms with Crippen molar-refractivity contribution in [1.29, 1.82) is 0 Å². The number of aliphatic carboxylic acids is 1. The molecule has 2 rings (SSSR count). The molecule has 1 fully saturated rings. The van der Waals surface area contributed by atoms with E-state index >= 15 is 0 Å². The second kappa shape index (κ2) is 3.46. The van der Waals surface area contributed by atoms with Gasteiger partial charge in [-0.1, -0.05) is 18.2 Å². The first-order valence-electron chi connectivity index (χ1n) is 4.95. The number of hydrogen-bond acceptors (Lipinski definition) is 2. The van der Waals surface area contributed by atoms with Crippen LogP contribution in [0.4, 0.5) is 13.2 Å². The minimum Gasteiger partial charge on any atom is -0.480 e. The lowest BCUT2D eigenvalue weighted by Gasteiger charge is -2.13. The first-order valence-corrected chi connectivity index (χ1v) is 4.95. The summed E-state index contributed by atoms with van der Waals surface area (Å²) in [6, 6.07) is 4.94. The molecule has 0 spiro atoms. The third-order valence-corrected chi connectivity index (χ3v) is 3.04. The summed E-state index contributed by atoms with van der Waals surface area (Å²) in [5.41, 5.74) is 3.11. The Bertz CT molecular complexity index is 472. The Kier molecular flexibility index (Phi) is 2.43. The van der Waals surface area contributed by atoms with Crippen LogP contribution >= 0.6 is 0 Å². The largest absolute Gasteiger partial charge is 0.480 e. The fourth-order valence-electron chi connectivity index (χ4n) is 1.96.